The van der Waals surface area contributed by atoms with E-state index >= 15 is 0 Å². The number of hydrogen-bond acceptors (Lipinski definition) is 5. The normalized spacial score (nSPS) is 15.0. The van der Waals surface area contributed by atoms with Gasteiger partial charge in [-0.15, -0.1) is 0 Å². The summed E-state index contributed by atoms with van der Waals surface area (Å²) >= 11 is -5.02. The van der Waals surface area contributed by atoms with Crippen LogP contribution in [0, 0.1) is 0 Å². The van der Waals surface area contributed by atoms with Crippen molar-refractivity contribution in [3.63, 3.8) is 0 Å². The molecule has 0 fully saturated rings. The van der Waals surface area contributed by atoms with Crippen LogP contribution in [0.1, 0.15) is 5.56 Å². The highest BCUT2D eigenvalue weighted by atomic mass is 32.2. The van der Waals surface area contributed by atoms with Gasteiger partial charge in [-0.05, 0) is 17.7 Å². The Labute approximate surface area is 134 Å². The van der Waals surface area contributed by atoms with Gasteiger partial charge in [-0.1, -0.05) is 24.8 Å². The van der Waals surface area contributed by atoms with Gasteiger partial charge in [-0.2, -0.15) is 34.8 Å². The van der Waals surface area contributed by atoms with Crippen molar-refractivity contribution in [2.75, 3.05) is 0 Å². The fraction of sp³-hybridized carbons (Fsp3) is 0.273. The second-order valence-electron chi connectivity index (χ2n) is 4.15. The van der Waals surface area contributed by atoms with E-state index < -0.39 is 43.4 Å². The molecule has 0 heterocycles. The molecule has 0 aromatic heterocycles. The lowest BCUT2D eigenvalue weighted by atomic mass is 10.2. The first-order valence-corrected chi connectivity index (χ1v) is 8.08. The standard InChI is InChI=1S/C11H8F6O5S2/c1-2-7-3-5-8(6-4-7)22-24(20,21)11(16,17)9(12,13)10(14,15)23(18)19/h2-6H,1H2,(H,18,19)/p-1. The molecule has 13 heteroatoms. The van der Waals surface area contributed by atoms with Crippen molar-refractivity contribution in [3.8, 4) is 5.75 Å². The molecule has 0 amide bonds. The van der Waals surface area contributed by atoms with Gasteiger partial charge in [-0.25, -0.2) is 0 Å². The van der Waals surface area contributed by atoms with Gasteiger partial charge in [0.25, 0.3) is 0 Å². The van der Waals surface area contributed by atoms with Gasteiger partial charge in [0.15, 0.2) is 0 Å². The summed E-state index contributed by atoms with van der Waals surface area (Å²) in [6.07, 6.45) is 1.27. The van der Waals surface area contributed by atoms with E-state index in [1.54, 1.807) is 0 Å². The summed E-state index contributed by atoms with van der Waals surface area (Å²) in [5.74, 6) is -7.67. The van der Waals surface area contributed by atoms with Gasteiger partial charge in [-0.3, -0.25) is 4.21 Å². The molecule has 0 saturated carbocycles. The predicted molar refractivity (Wildman–Crippen MR) is 69.8 cm³/mol. The van der Waals surface area contributed by atoms with Crippen LogP contribution in [0.4, 0.5) is 26.3 Å². The third kappa shape index (κ3) is 3.28. The van der Waals surface area contributed by atoms with E-state index in [-0.39, 0.29) is 0 Å². The summed E-state index contributed by atoms with van der Waals surface area (Å²) in [5, 5.41) is -12.9. The summed E-state index contributed by atoms with van der Waals surface area (Å²) in [5.41, 5.74) is 0.380. The highest BCUT2D eigenvalue weighted by Crippen LogP contribution is 2.50. The minimum atomic E-state index is -6.79. The topological polar surface area (TPSA) is 83.5 Å². The van der Waals surface area contributed by atoms with Crippen molar-refractivity contribution in [3.05, 3.63) is 36.4 Å². The van der Waals surface area contributed by atoms with Gasteiger partial charge >= 0.3 is 26.5 Å². The molecule has 0 saturated heterocycles. The van der Waals surface area contributed by atoms with Crippen LogP contribution in [0.25, 0.3) is 6.08 Å². The second kappa shape index (κ2) is 6.37. The summed E-state index contributed by atoms with van der Waals surface area (Å²) in [4.78, 5) is 0. The Kier molecular flexibility index (Phi) is 5.42. The number of hydrogen-bond donors (Lipinski definition) is 0. The average Bonchev–Trinajstić information content (AvgIpc) is 2.46. The molecule has 0 N–H and O–H groups in total. The third-order valence-corrected chi connectivity index (χ3v) is 4.55. The molecule has 1 aromatic rings. The van der Waals surface area contributed by atoms with Crippen LogP contribution in [0.15, 0.2) is 30.8 Å². The van der Waals surface area contributed by atoms with Gasteiger partial charge in [0.05, 0.1) is 0 Å². The van der Waals surface area contributed by atoms with Crippen LogP contribution in [0.5, 0.6) is 5.75 Å². The van der Waals surface area contributed by atoms with Crippen LogP contribution >= 0.6 is 0 Å². The van der Waals surface area contributed by atoms with Crippen LogP contribution in [0.3, 0.4) is 0 Å². The van der Waals surface area contributed by atoms with E-state index in [0.717, 1.165) is 24.3 Å². The van der Waals surface area contributed by atoms with Crippen molar-refractivity contribution < 1.29 is 47.7 Å². The zero-order chi connectivity index (χ0) is 19.0. The molecule has 0 spiro atoms. The molecule has 0 aliphatic carbocycles. The van der Waals surface area contributed by atoms with E-state index in [9.17, 15) is 43.5 Å². The predicted octanol–water partition coefficient (Wildman–Crippen LogP) is 2.74. The summed E-state index contributed by atoms with van der Waals surface area (Å²) in [6, 6.07) is 3.75. The largest absolute Gasteiger partial charge is 0.768 e. The first-order chi connectivity index (χ1) is 10.7. The monoisotopic (exact) mass is 397 g/mol. The van der Waals surface area contributed by atoms with Gasteiger partial charge < -0.3 is 8.74 Å². The molecule has 1 aromatic carbocycles. The van der Waals surface area contributed by atoms with Crippen molar-refractivity contribution in [1.82, 2.24) is 0 Å². The van der Waals surface area contributed by atoms with Gasteiger partial charge in [0.2, 0.25) is 0 Å². The Morgan fingerprint density at radius 1 is 1.08 bits per heavy atom. The summed E-state index contributed by atoms with van der Waals surface area (Å²) < 4.78 is 125. The number of benzene rings is 1. The van der Waals surface area contributed by atoms with E-state index in [1.807, 2.05) is 0 Å². The van der Waals surface area contributed by atoms with Crippen molar-refractivity contribution in [1.29, 1.82) is 0 Å². The molecule has 1 rings (SSSR count). The molecular formula is C11H7F6O5S2-. The lowest BCUT2D eigenvalue weighted by Crippen LogP contribution is -2.60. The highest BCUT2D eigenvalue weighted by Gasteiger charge is 2.79. The number of rotatable bonds is 7. The Morgan fingerprint density at radius 3 is 1.92 bits per heavy atom. The van der Waals surface area contributed by atoms with Crippen LogP contribution in [0.2, 0.25) is 0 Å². The highest BCUT2D eigenvalue weighted by molar-refractivity contribution is 7.88. The minimum Gasteiger partial charge on any atom is -0.768 e. The SMILES string of the molecule is C=Cc1ccc(OS(=O)(=O)C(F)(F)C(F)(F)C(F)(F)S(=O)[O-])cc1. The number of alkyl halides is 6. The maximum Gasteiger partial charge on any atom is 0.450 e. The summed E-state index contributed by atoms with van der Waals surface area (Å²) in [7, 11) is -6.67. The zero-order valence-electron chi connectivity index (χ0n) is 11.2. The molecule has 1 atom stereocenters. The summed E-state index contributed by atoms with van der Waals surface area (Å²) in [6.45, 7) is 3.33. The second-order valence-corrected chi connectivity index (χ2v) is 6.72. The van der Waals surface area contributed by atoms with Gasteiger partial charge in [0.1, 0.15) is 5.75 Å². The fourth-order valence-corrected chi connectivity index (χ4v) is 2.58. The first kappa shape index (κ1) is 20.4. The van der Waals surface area contributed by atoms with E-state index in [0.29, 0.717) is 5.56 Å². The van der Waals surface area contributed by atoms with E-state index in [1.165, 1.54) is 6.08 Å². The molecule has 136 valence electrons. The molecule has 1 unspecified atom stereocenters. The molecule has 0 aliphatic heterocycles. The molecule has 0 aliphatic rings. The smallest absolute Gasteiger partial charge is 0.450 e. The molecular weight excluding hydrogens is 390 g/mol. The Morgan fingerprint density at radius 2 is 1.54 bits per heavy atom. The fourth-order valence-electron chi connectivity index (χ4n) is 1.27. The van der Waals surface area contributed by atoms with Gasteiger partial charge in [0, 0.05) is 11.1 Å². The Balaban J connectivity index is 3.27. The van der Waals surface area contributed by atoms with Crippen LogP contribution < -0.4 is 4.18 Å². The zero-order valence-corrected chi connectivity index (χ0v) is 12.9. The molecule has 24 heavy (non-hydrogen) atoms. The quantitative estimate of drug-likeness (QED) is 0.401. The Hall–Kier alpha value is -1.60. The molecule has 0 bridgehead atoms. The van der Waals surface area contributed by atoms with E-state index in [4.69, 9.17) is 0 Å². The minimum absolute atomic E-state index is 0.380. The van der Waals surface area contributed by atoms with Crippen molar-refractivity contribution >= 4 is 27.3 Å². The maximum atomic E-state index is 13.4. The number of halogens is 6. The van der Waals surface area contributed by atoms with E-state index in [2.05, 4.69) is 10.8 Å². The molecule has 0 radical (unpaired) electrons. The lowest BCUT2D eigenvalue weighted by molar-refractivity contribution is -0.245. The third-order valence-electron chi connectivity index (χ3n) is 2.58. The lowest BCUT2D eigenvalue weighted by Gasteiger charge is -2.32. The Bertz CT molecular complexity index is 745. The van der Waals surface area contributed by atoms with Crippen molar-refractivity contribution in [2.45, 2.75) is 16.4 Å². The van der Waals surface area contributed by atoms with Crippen molar-refractivity contribution in [2.24, 2.45) is 0 Å². The van der Waals surface area contributed by atoms with Crippen LogP contribution in [-0.4, -0.2) is 33.6 Å². The first-order valence-electron chi connectivity index (χ1n) is 5.60. The van der Waals surface area contributed by atoms with Crippen LogP contribution in [-0.2, 0) is 21.2 Å². The average molecular weight is 397 g/mol. The maximum absolute atomic E-state index is 13.4. The molecule has 5 nitrogen and oxygen atoms in total.